The molecule has 1 spiro atoms. The van der Waals surface area contributed by atoms with Crippen LogP contribution in [0.5, 0.6) is 0 Å². The molecule has 2 heterocycles. The average Bonchev–Trinajstić information content (AvgIpc) is 2.83. The number of carbonyl (C=O) groups is 2. The number of hydrogen-bond acceptors (Lipinski definition) is 2. The van der Waals surface area contributed by atoms with Crippen LogP contribution < -0.4 is 5.32 Å². The standard InChI is InChI=1S/C16H19ClN2O2/c1-11-3-2-4-12(14(11)17)15(21)19-7-5-16(6-8-19)9-13(20)18-10-16/h2-4H,5-10H2,1H3,(H,18,20). The molecule has 1 aromatic rings. The summed E-state index contributed by atoms with van der Waals surface area (Å²) in [5.41, 5.74) is 1.55. The van der Waals surface area contributed by atoms with E-state index in [0.29, 0.717) is 30.1 Å². The van der Waals surface area contributed by atoms with Crippen LogP contribution in [-0.2, 0) is 4.79 Å². The molecule has 2 saturated heterocycles. The summed E-state index contributed by atoms with van der Waals surface area (Å²) in [4.78, 5) is 25.9. The zero-order valence-corrected chi connectivity index (χ0v) is 12.9. The second-order valence-corrected chi connectivity index (χ2v) is 6.56. The Labute approximate surface area is 129 Å². The van der Waals surface area contributed by atoms with Crippen molar-refractivity contribution >= 4 is 23.4 Å². The summed E-state index contributed by atoms with van der Waals surface area (Å²) in [7, 11) is 0. The fourth-order valence-corrected chi connectivity index (χ4v) is 3.48. The largest absolute Gasteiger partial charge is 0.356 e. The summed E-state index contributed by atoms with van der Waals surface area (Å²) in [6, 6.07) is 5.54. The number of nitrogens with one attached hydrogen (secondary N) is 1. The van der Waals surface area contributed by atoms with Crippen molar-refractivity contribution in [1.82, 2.24) is 10.2 Å². The summed E-state index contributed by atoms with van der Waals surface area (Å²) in [6.45, 7) is 4.04. The Kier molecular flexibility index (Phi) is 3.66. The van der Waals surface area contributed by atoms with Crippen LogP contribution in [-0.4, -0.2) is 36.3 Å². The highest BCUT2D eigenvalue weighted by molar-refractivity contribution is 6.34. The third-order valence-electron chi connectivity index (χ3n) is 4.73. The van der Waals surface area contributed by atoms with Gasteiger partial charge in [-0.1, -0.05) is 23.7 Å². The third kappa shape index (κ3) is 2.64. The van der Waals surface area contributed by atoms with E-state index < -0.39 is 0 Å². The number of rotatable bonds is 1. The Morgan fingerprint density at radius 2 is 2.05 bits per heavy atom. The highest BCUT2D eigenvalue weighted by atomic mass is 35.5. The summed E-state index contributed by atoms with van der Waals surface area (Å²) in [5.74, 6) is 0.132. The summed E-state index contributed by atoms with van der Waals surface area (Å²) in [5, 5.41) is 3.45. The van der Waals surface area contributed by atoms with Gasteiger partial charge < -0.3 is 10.2 Å². The second kappa shape index (κ2) is 5.34. The van der Waals surface area contributed by atoms with E-state index in [-0.39, 0.29) is 17.2 Å². The van der Waals surface area contributed by atoms with Crippen molar-refractivity contribution in [2.75, 3.05) is 19.6 Å². The first-order valence-corrected chi connectivity index (χ1v) is 7.70. The molecule has 0 bridgehead atoms. The van der Waals surface area contributed by atoms with Gasteiger partial charge in [-0.2, -0.15) is 0 Å². The van der Waals surface area contributed by atoms with Crippen LogP contribution in [0.3, 0.4) is 0 Å². The first-order chi connectivity index (χ1) is 10.0. The van der Waals surface area contributed by atoms with Crippen molar-refractivity contribution in [3.8, 4) is 0 Å². The van der Waals surface area contributed by atoms with Crippen molar-refractivity contribution in [3.05, 3.63) is 34.3 Å². The van der Waals surface area contributed by atoms with E-state index >= 15 is 0 Å². The third-order valence-corrected chi connectivity index (χ3v) is 5.23. The number of aryl methyl sites for hydroxylation is 1. The molecule has 0 unspecified atom stereocenters. The highest BCUT2D eigenvalue weighted by Gasteiger charge is 2.41. The number of amides is 2. The zero-order chi connectivity index (χ0) is 15.0. The van der Waals surface area contributed by atoms with E-state index in [4.69, 9.17) is 11.6 Å². The molecular weight excluding hydrogens is 288 g/mol. The minimum atomic E-state index is -0.00386. The van der Waals surface area contributed by atoms with Gasteiger partial charge in [0.1, 0.15) is 0 Å². The summed E-state index contributed by atoms with van der Waals surface area (Å²) >= 11 is 6.24. The maximum absolute atomic E-state index is 12.6. The Morgan fingerprint density at radius 3 is 2.67 bits per heavy atom. The van der Waals surface area contributed by atoms with E-state index in [0.717, 1.165) is 24.9 Å². The van der Waals surface area contributed by atoms with Gasteiger partial charge in [-0.05, 0) is 36.8 Å². The minimum Gasteiger partial charge on any atom is -0.356 e. The molecule has 2 aliphatic rings. The molecule has 3 rings (SSSR count). The molecule has 5 heteroatoms. The number of benzene rings is 1. The maximum atomic E-state index is 12.6. The maximum Gasteiger partial charge on any atom is 0.255 e. The van der Waals surface area contributed by atoms with Gasteiger partial charge in [0.2, 0.25) is 5.91 Å². The molecule has 0 aromatic heterocycles. The van der Waals surface area contributed by atoms with Crippen LogP contribution in [0.4, 0.5) is 0 Å². The van der Waals surface area contributed by atoms with E-state index in [1.165, 1.54) is 0 Å². The topological polar surface area (TPSA) is 49.4 Å². The Balaban J connectivity index is 1.71. The first kappa shape index (κ1) is 14.4. The lowest BCUT2D eigenvalue weighted by molar-refractivity contribution is -0.119. The van der Waals surface area contributed by atoms with Gasteiger partial charge in [0.25, 0.3) is 5.91 Å². The predicted molar refractivity (Wildman–Crippen MR) is 81.4 cm³/mol. The molecule has 4 nitrogen and oxygen atoms in total. The number of halogens is 1. The predicted octanol–water partition coefficient (Wildman–Crippen LogP) is 2.39. The van der Waals surface area contributed by atoms with Crippen LogP contribution in [0.15, 0.2) is 18.2 Å². The van der Waals surface area contributed by atoms with Gasteiger partial charge in [0.15, 0.2) is 0 Å². The Bertz CT molecular complexity index is 592. The van der Waals surface area contributed by atoms with Gasteiger partial charge in [-0.3, -0.25) is 9.59 Å². The first-order valence-electron chi connectivity index (χ1n) is 7.32. The van der Waals surface area contributed by atoms with Crippen molar-refractivity contribution < 1.29 is 9.59 Å². The van der Waals surface area contributed by atoms with Crippen LogP contribution in [0.25, 0.3) is 0 Å². The van der Waals surface area contributed by atoms with E-state index in [2.05, 4.69) is 5.32 Å². The van der Waals surface area contributed by atoms with Gasteiger partial charge in [0, 0.05) is 26.1 Å². The number of nitrogens with zero attached hydrogens (tertiary/aromatic N) is 1. The van der Waals surface area contributed by atoms with E-state index in [1.54, 1.807) is 6.07 Å². The normalized spacial score (nSPS) is 20.7. The van der Waals surface area contributed by atoms with E-state index in [9.17, 15) is 9.59 Å². The fourth-order valence-electron chi connectivity index (χ4n) is 3.27. The zero-order valence-electron chi connectivity index (χ0n) is 12.1. The molecule has 0 radical (unpaired) electrons. The molecular formula is C16H19ClN2O2. The van der Waals surface area contributed by atoms with Crippen molar-refractivity contribution in [2.24, 2.45) is 5.41 Å². The smallest absolute Gasteiger partial charge is 0.255 e. The molecule has 1 aromatic carbocycles. The molecule has 0 saturated carbocycles. The van der Waals surface area contributed by atoms with E-state index in [1.807, 2.05) is 24.0 Å². The van der Waals surface area contributed by atoms with Crippen LogP contribution in [0.2, 0.25) is 5.02 Å². The monoisotopic (exact) mass is 306 g/mol. The van der Waals surface area contributed by atoms with Gasteiger partial charge in [-0.15, -0.1) is 0 Å². The molecule has 21 heavy (non-hydrogen) atoms. The molecule has 0 atom stereocenters. The lowest BCUT2D eigenvalue weighted by Gasteiger charge is -2.38. The van der Waals surface area contributed by atoms with Gasteiger partial charge >= 0.3 is 0 Å². The number of hydrogen-bond donors (Lipinski definition) is 1. The van der Waals surface area contributed by atoms with Crippen LogP contribution in [0.1, 0.15) is 35.2 Å². The van der Waals surface area contributed by atoms with Crippen LogP contribution in [0, 0.1) is 12.3 Å². The van der Waals surface area contributed by atoms with Crippen molar-refractivity contribution in [3.63, 3.8) is 0 Å². The molecule has 2 amide bonds. The molecule has 0 aliphatic carbocycles. The molecule has 2 aliphatic heterocycles. The van der Waals surface area contributed by atoms with Crippen molar-refractivity contribution in [2.45, 2.75) is 26.2 Å². The summed E-state index contributed by atoms with van der Waals surface area (Å²) < 4.78 is 0. The Morgan fingerprint density at radius 1 is 1.33 bits per heavy atom. The van der Waals surface area contributed by atoms with Gasteiger partial charge in [0.05, 0.1) is 10.6 Å². The van der Waals surface area contributed by atoms with Crippen molar-refractivity contribution in [1.29, 1.82) is 0 Å². The minimum absolute atomic E-state index is 0.00386. The Hall–Kier alpha value is -1.55. The molecule has 112 valence electrons. The number of carbonyl (C=O) groups excluding carboxylic acids is 2. The number of likely N-dealkylation sites (tertiary alicyclic amines) is 1. The van der Waals surface area contributed by atoms with Crippen LogP contribution >= 0.6 is 11.6 Å². The summed E-state index contributed by atoms with van der Waals surface area (Å²) in [6.07, 6.45) is 2.35. The lowest BCUT2D eigenvalue weighted by atomic mass is 9.77. The second-order valence-electron chi connectivity index (χ2n) is 6.18. The fraction of sp³-hybridized carbons (Fsp3) is 0.500. The van der Waals surface area contributed by atoms with Gasteiger partial charge in [-0.25, -0.2) is 0 Å². The molecule has 2 fully saturated rings. The quantitative estimate of drug-likeness (QED) is 0.866. The average molecular weight is 307 g/mol. The SMILES string of the molecule is Cc1cccc(C(=O)N2CCC3(CC2)CNC(=O)C3)c1Cl. The highest BCUT2D eigenvalue weighted by Crippen LogP contribution is 2.38. The lowest BCUT2D eigenvalue weighted by Crippen LogP contribution is -2.44. The molecule has 1 N–H and O–H groups in total. The number of piperidine rings is 1.